The average molecular weight is 385 g/mol. The second kappa shape index (κ2) is 7.92. The summed E-state index contributed by atoms with van der Waals surface area (Å²) in [4.78, 5) is 19.4. The molecule has 0 saturated heterocycles. The van der Waals surface area contributed by atoms with Crippen molar-refractivity contribution in [2.24, 2.45) is 0 Å². The standard InChI is InChI=1S/C20H23N3O3S/c1-4-5-9-26-20(25)14-7-6-8-15(10-14)23-11-16(24)17(18(23)21)19-22-12(2)13(3)27-19/h6-8,10,21,24H,4-5,9,11H2,1-3H3. The first kappa shape index (κ1) is 19.1. The van der Waals surface area contributed by atoms with Crippen molar-refractivity contribution in [1.29, 1.82) is 5.41 Å². The SMILES string of the molecule is CCCCOC(=O)c1cccc(N2CC(O)=C(c3nc(C)c(C)s3)C2=N)c1. The second-order valence-electron chi connectivity index (χ2n) is 6.46. The van der Waals surface area contributed by atoms with E-state index < -0.39 is 0 Å². The number of unbranched alkanes of at least 4 members (excludes halogenated alkanes) is 1. The van der Waals surface area contributed by atoms with Crippen LogP contribution >= 0.6 is 11.3 Å². The molecule has 0 unspecified atom stereocenters. The van der Waals surface area contributed by atoms with Gasteiger partial charge in [-0.25, -0.2) is 9.78 Å². The van der Waals surface area contributed by atoms with E-state index in [1.807, 2.05) is 26.8 Å². The minimum Gasteiger partial charge on any atom is -0.510 e. The van der Waals surface area contributed by atoms with Crippen molar-refractivity contribution < 1.29 is 14.6 Å². The van der Waals surface area contributed by atoms with Gasteiger partial charge >= 0.3 is 5.97 Å². The molecule has 1 aromatic heterocycles. The predicted octanol–water partition coefficient (Wildman–Crippen LogP) is 4.48. The van der Waals surface area contributed by atoms with Crippen molar-refractivity contribution in [3.05, 3.63) is 51.2 Å². The minimum atomic E-state index is -0.375. The summed E-state index contributed by atoms with van der Waals surface area (Å²) in [5, 5.41) is 19.6. The Hall–Kier alpha value is -2.67. The van der Waals surface area contributed by atoms with Gasteiger partial charge in [0.15, 0.2) is 0 Å². The lowest BCUT2D eigenvalue weighted by atomic mass is 10.2. The molecule has 1 aliphatic heterocycles. The van der Waals surface area contributed by atoms with Crippen molar-refractivity contribution in [3.63, 3.8) is 0 Å². The van der Waals surface area contributed by atoms with E-state index in [1.165, 1.54) is 11.3 Å². The highest BCUT2D eigenvalue weighted by Crippen LogP contribution is 2.34. The molecule has 1 aromatic carbocycles. The third-order valence-electron chi connectivity index (χ3n) is 4.47. The summed E-state index contributed by atoms with van der Waals surface area (Å²) in [5.41, 5.74) is 2.45. The summed E-state index contributed by atoms with van der Waals surface area (Å²) < 4.78 is 5.26. The lowest BCUT2D eigenvalue weighted by Gasteiger charge is -2.19. The van der Waals surface area contributed by atoms with E-state index in [9.17, 15) is 9.90 Å². The van der Waals surface area contributed by atoms with Crippen LogP contribution in [0.2, 0.25) is 0 Å². The van der Waals surface area contributed by atoms with Crippen LogP contribution in [0.5, 0.6) is 0 Å². The van der Waals surface area contributed by atoms with E-state index in [2.05, 4.69) is 4.98 Å². The van der Waals surface area contributed by atoms with Gasteiger partial charge < -0.3 is 14.7 Å². The van der Waals surface area contributed by atoms with Crippen molar-refractivity contribution in [1.82, 2.24) is 4.98 Å². The van der Waals surface area contributed by atoms with Crippen LogP contribution in [-0.4, -0.2) is 35.0 Å². The monoisotopic (exact) mass is 385 g/mol. The first-order valence-electron chi connectivity index (χ1n) is 8.92. The second-order valence-corrected chi connectivity index (χ2v) is 7.66. The van der Waals surface area contributed by atoms with Crippen LogP contribution in [0.25, 0.3) is 5.57 Å². The van der Waals surface area contributed by atoms with Crippen LogP contribution < -0.4 is 4.90 Å². The molecule has 6 nitrogen and oxygen atoms in total. The highest BCUT2D eigenvalue weighted by Gasteiger charge is 2.31. The van der Waals surface area contributed by atoms with Crippen LogP contribution in [-0.2, 0) is 4.74 Å². The Kier molecular flexibility index (Phi) is 5.60. The summed E-state index contributed by atoms with van der Waals surface area (Å²) in [7, 11) is 0. The van der Waals surface area contributed by atoms with Crippen LogP contribution in [0.3, 0.4) is 0 Å². The van der Waals surface area contributed by atoms with E-state index >= 15 is 0 Å². The molecule has 3 rings (SSSR count). The number of aryl methyl sites for hydroxylation is 2. The van der Waals surface area contributed by atoms with Gasteiger partial charge in [-0.3, -0.25) is 5.41 Å². The number of carbonyl (C=O) groups is 1. The summed E-state index contributed by atoms with van der Waals surface area (Å²) in [6.07, 6.45) is 1.79. The normalized spacial score (nSPS) is 14.2. The number of benzene rings is 1. The molecule has 2 N–H and O–H groups in total. The van der Waals surface area contributed by atoms with Gasteiger partial charge in [0.05, 0.1) is 30.0 Å². The number of hydrogen-bond acceptors (Lipinski definition) is 6. The molecule has 2 heterocycles. The van der Waals surface area contributed by atoms with E-state index in [4.69, 9.17) is 10.1 Å². The molecule has 0 saturated carbocycles. The van der Waals surface area contributed by atoms with Crippen LogP contribution in [0.1, 0.15) is 45.7 Å². The highest BCUT2D eigenvalue weighted by atomic mass is 32.1. The molecule has 0 fully saturated rings. The topological polar surface area (TPSA) is 86.5 Å². The number of esters is 1. The summed E-state index contributed by atoms with van der Waals surface area (Å²) in [6.45, 7) is 6.50. The maximum Gasteiger partial charge on any atom is 0.338 e. The predicted molar refractivity (Wildman–Crippen MR) is 108 cm³/mol. The van der Waals surface area contributed by atoms with Gasteiger partial charge in [0.2, 0.25) is 0 Å². The van der Waals surface area contributed by atoms with E-state index in [-0.39, 0.29) is 24.1 Å². The number of aliphatic hydroxyl groups is 1. The molecule has 0 bridgehead atoms. The Morgan fingerprint density at radius 2 is 2.19 bits per heavy atom. The lowest BCUT2D eigenvalue weighted by molar-refractivity contribution is 0.0500. The van der Waals surface area contributed by atoms with Crippen molar-refractivity contribution in [2.45, 2.75) is 33.6 Å². The van der Waals surface area contributed by atoms with Gasteiger partial charge in [0.1, 0.15) is 16.6 Å². The molecule has 0 amide bonds. The zero-order chi connectivity index (χ0) is 19.6. The number of nitrogens with one attached hydrogen (secondary N) is 1. The van der Waals surface area contributed by atoms with Gasteiger partial charge in [-0.15, -0.1) is 11.3 Å². The molecule has 0 atom stereocenters. The maximum atomic E-state index is 12.2. The molecule has 0 spiro atoms. The highest BCUT2D eigenvalue weighted by molar-refractivity contribution is 7.13. The van der Waals surface area contributed by atoms with E-state index in [0.717, 1.165) is 23.4 Å². The van der Waals surface area contributed by atoms with E-state index in [0.29, 0.717) is 28.4 Å². The molecule has 2 aromatic rings. The number of aromatic nitrogens is 1. The minimum absolute atomic E-state index is 0.115. The number of hydrogen-bond donors (Lipinski definition) is 2. The van der Waals surface area contributed by atoms with Crippen LogP contribution in [0.15, 0.2) is 30.0 Å². The first-order chi connectivity index (χ1) is 12.9. The quantitative estimate of drug-likeness (QED) is 0.565. The number of aliphatic hydroxyl groups excluding tert-OH is 1. The van der Waals surface area contributed by atoms with Gasteiger partial charge in [0, 0.05) is 10.6 Å². The van der Waals surface area contributed by atoms with Crippen molar-refractivity contribution >= 4 is 34.4 Å². The molecular formula is C20H23N3O3S. The van der Waals surface area contributed by atoms with Crippen LogP contribution in [0.4, 0.5) is 5.69 Å². The largest absolute Gasteiger partial charge is 0.510 e. The first-order valence-corrected chi connectivity index (χ1v) is 9.74. The Morgan fingerprint density at radius 3 is 2.85 bits per heavy atom. The van der Waals surface area contributed by atoms with Gasteiger partial charge in [-0.05, 0) is 38.5 Å². The van der Waals surface area contributed by atoms with Crippen molar-refractivity contribution in [2.75, 3.05) is 18.1 Å². The van der Waals surface area contributed by atoms with Gasteiger partial charge in [-0.2, -0.15) is 0 Å². The molecule has 0 radical (unpaired) electrons. The fraction of sp³-hybridized carbons (Fsp3) is 0.350. The smallest absolute Gasteiger partial charge is 0.338 e. The number of nitrogens with zero attached hydrogens (tertiary/aromatic N) is 2. The van der Waals surface area contributed by atoms with Gasteiger partial charge in [0.25, 0.3) is 0 Å². The Bertz CT molecular complexity index is 897. The van der Waals surface area contributed by atoms with Crippen molar-refractivity contribution in [3.8, 4) is 0 Å². The number of amidine groups is 1. The summed E-state index contributed by atoms with van der Waals surface area (Å²) in [5.74, 6) is -0.0815. The number of ether oxygens (including phenoxy) is 1. The Labute approximate surface area is 162 Å². The Balaban J connectivity index is 1.81. The fourth-order valence-electron chi connectivity index (χ4n) is 2.80. The third kappa shape index (κ3) is 3.88. The lowest BCUT2D eigenvalue weighted by Crippen LogP contribution is -2.26. The summed E-state index contributed by atoms with van der Waals surface area (Å²) in [6, 6.07) is 6.95. The maximum absolute atomic E-state index is 12.2. The number of anilines is 1. The molecule has 142 valence electrons. The van der Waals surface area contributed by atoms with E-state index in [1.54, 1.807) is 23.1 Å². The fourth-order valence-corrected chi connectivity index (χ4v) is 3.78. The number of thiazole rings is 1. The molecule has 7 heteroatoms. The number of rotatable bonds is 6. The molecule has 1 aliphatic rings. The zero-order valence-corrected chi connectivity index (χ0v) is 16.5. The van der Waals surface area contributed by atoms with Gasteiger partial charge in [-0.1, -0.05) is 19.4 Å². The number of carbonyl (C=O) groups excluding carboxylic acids is 1. The molecular weight excluding hydrogens is 362 g/mol. The third-order valence-corrected chi connectivity index (χ3v) is 5.56. The summed E-state index contributed by atoms with van der Waals surface area (Å²) >= 11 is 1.46. The zero-order valence-electron chi connectivity index (χ0n) is 15.7. The molecule has 27 heavy (non-hydrogen) atoms. The van der Waals surface area contributed by atoms with Crippen LogP contribution in [0, 0.1) is 19.3 Å². The molecule has 0 aliphatic carbocycles. The Morgan fingerprint density at radius 1 is 1.41 bits per heavy atom. The average Bonchev–Trinajstić information content (AvgIpc) is 3.13.